The number of carboxylic acid groups (broad SMARTS) is 1. The van der Waals surface area contributed by atoms with Gasteiger partial charge in [0.25, 0.3) is 5.56 Å². The molecule has 2 N–H and O–H groups in total. The van der Waals surface area contributed by atoms with Gasteiger partial charge in [-0.2, -0.15) is 18.2 Å². The van der Waals surface area contributed by atoms with Crippen LogP contribution in [0.15, 0.2) is 9.59 Å². The van der Waals surface area contributed by atoms with E-state index in [1.165, 1.54) is 36.7 Å². The zero-order valence-electron chi connectivity index (χ0n) is 22.8. The van der Waals surface area contributed by atoms with E-state index >= 15 is 0 Å². The molecule has 1 saturated carbocycles. The predicted octanol–water partition coefficient (Wildman–Crippen LogP) is 2.95. The van der Waals surface area contributed by atoms with E-state index in [1.54, 1.807) is 11.6 Å². The molecule has 2 saturated heterocycles. The number of imidazole rings is 1. The number of hydrogen-bond acceptors (Lipinski definition) is 6. The molecule has 3 aliphatic rings. The number of nitrogens with one attached hydrogen (secondary N) is 1. The van der Waals surface area contributed by atoms with Crippen molar-refractivity contribution in [1.82, 2.24) is 24.0 Å². The molecule has 0 spiro atoms. The topological polar surface area (TPSA) is 114 Å². The fraction of sp³-hybridized carbons (Fsp3) is 0.769. The van der Waals surface area contributed by atoms with Gasteiger partial charge in [-0.1, -0.05) is 33.1 Å². The normalized spacial score (nSPS) is 21.9. The van der Waals surface area contributed by atoms with Gasteiger partial charge in [-0.05, 0) is 43.4 Å². The molecule has 39 heavy (non-hydrogen) atoms. The van der Waals surface area contributed by atoms with Crippen LogP contribution in [-0.2, 0) is 24.9 Å². The summed E-state index contributed by atoms with van der Waals surface area (Å²) < 4.78 is 37.0. The van der Waals surface area contributed by atoms with Crippen LogP contribution in [0.2, 0.25) is 0 Å². The largest absolute Gasteiger partial charge is 0.490 e. The summed E-state index contributed by atoms with van der Waals surface area (Å²) in [4.78, 5) is 43.1. The molecule has 2 atom stereocenters. The van der Waals surface area contributed by atoms with Gasteiger partial charge in [-0.3, -0.25) is 13.9 Å². The summed E-state index contributed by atoms with van der Waals surface area (Å²) in [7, 11) is 1.77. The molecule has 218 valence electrons. The zero-order valence-corrected chi connectivity index (χ0v) is 22.8. The van der Waals surface area contributed by atoms with Crippen LogP contribution in [0.25, 0.3) is 11.2 Å². The summed E-state index contributed by atoms with van der Waals surface area (Å²) in [5.41, 5.74) is 0.740. The summed E-state index contributed by atoms with van der Waals surface area (Å²) in [6.07, 6.45) is 3.14. The van der Waals surface area contributed by atoms with E-state index in [2.05, 4.69) is 28.6 Å². The van der Waals surface area contributed by atoms with Crippen molar-refractivity contribution in [3.8, 4) is 0 Å². The van der Waals surface area contributed by atoms with E-state index in [9.17, 15) is 22.8 Å². The van der Waals surface area contributed by atoms with Gasteiger partial charge in [0.05, 0.1) is 0 Å². The van der Waals surface area contributed by atoms with Crippen LogP contribution >= 0.6 is 0 Å². The lowest BCUT2D eigenvalue weighted by molar-refractivity contribution is -0.192. The van der Waals surface area contributed by atoms with Gasteiger partial charge < -0.3 is 19.9 Å². The van der Waals surface area contributed by atoms with Crippen LogP contribution in [0, 0.1) is 17.8 Å². The third-order valence-electron chi connectivity index (χ3n) is 8.25. The Hall–Kier alpha value is -2.83. The Morgan fingerprint density at radius 3 is 2.38 bits per heavy atom. The van der Waals surface area contributed by atoms with Crippen molar-refractivity contribution in [1.29, 1.82) is 0 Å². The maximum absolute atomic E-state index is 13.7. The first-order valence-corrected chi connectivity index (χ1v) is 13.9. The second-order valence-electron chi connectivity index (χ2n) is 11.5. The first-order chi connectivity index (χ1) is 18.4. The minimum absolute atomic E-state index is 0.168. The van der Waals surface area contributed by atoms with Crippen LogP contribution in [0.1, 0.15) is 58.8 Å². The Kier molecular flexibility index (Phi) is 8.77. The number of hydrogen-bond donors (Lipinski definition) is 2. The SMILES string of the molecule is CC(C)CCn1c(=O)c2c(nc(N3CCC4CNCC43)n2CC2CCCCC2)n(C)c1=O.O=C(O)C(F)(F)F. The molecule has 2 aliphatic heterocycles. The second-order valence-corrected chi connectivity index (χ2v) is 11.5. The molecule has 2 unspecified atom stereocenters. The molecule has 1 aliphatic carbocycles. The third-order valence-corrected chi connectivity index (χ3v) is 8.25. The molecule has 3 fully saturated rings. The zero-order chi connectivity index (χ0) is 28.5. The number of rotatable bonds is 6. The van der Waals surface area contributed by atoms with Gasteiger partial charge in [0.2, 0.25) is 5.95 Å². The number of aromatic nitrogens is 4. The number of aliphatic carboxylic acids is 1. The molecule has 0 bridgehead atoms. The first kappa shape index (κ1) is 29.2. The lowest BCUT2D eigenvalue weighted by Gasteiger charge is -2.28. The van der Waals surface area contributed by atoms with Gasteiger partial charge in [-0.15, -0.1) is 0 Å². The molecule has 2 aromatic heterocycles. The molecule has 2 aromatic rings. The molecule has 0 aromatic carbocycles. The fourth-order valence-corrected chi connectivity index (χ4v) is 6.06. The van der Waals surface area contributed by atoms with Gasteiger partial charge >= 0.3 is 17.8 Å². The van der Waals surface area contributed by atoms with E-state index in [0.717, 1.165) is 45.0 Å². The summed E-state index contributed by atoms with van der Waals surface area (Å²) in [5, 5.41) is 10.7. The van der Waals surface area contributed by atoms with E-state index in [-0.39, 0.29) is 11.2 Å². The van der Waals surface area contributed by atoms with Gasteiger partial charge in [0.15, 0.2) is 11.2 Å². The highest BCUT2D eigenvalue weighted by atomic mass is 19.4. The molecular formula is C26H39F3N6O4. The van der Waals surface area contributed by atoms with Gasteiger partial charge in [0, 0.05) is 45.8 Å². The van der Waals surface area contributed by atoms with Crippen molar-refractivity contribution in [2.24, 2.45) is 24.8 Å². The number of carbonyl (C=O) groups is 1. The lowest BCUT2D eigenvalue weighted by atomic mass is 9.89. The van der Waals surface area contributed by atoms with E-state index < -0.39 is 12.1 Å². The quantitative estimate of drug-likeness (QED) is 0.562. The second kappa shape index (κ2) is 11.7. The molecule has 0 radical (unpaired) electrons. The predicted molar refractivity (Wildman–Crippen MR) is 141 cm³/mol. The minimum atomic E-state index is -5.08. The van der Waals surface area contributed by atoms with Crippen molar-refractivity contribution in [2.75, 3.05) is 24.5 Å². The van der Waals surface area contributed by atoms with E-state index in [4.69, 9.17) is 14.9 Å². The molecule has 13 heteroatoms. The Morgan fingerprint density at radius 2 is 1.77 bits per heavy atom. The Bertz CT molecular complexity index is 1290. The van der Waals surface area contributed by atoms with Crippen LogP contribution in [0.3, 0.4) is 0 Å². The molecule has 4 heterocycles. The van der Waals surface area contributed by atoms with Crippen molar-refractivity contribution < 1.29 is 23.1 Å². The summed E-state index contributed by atoms with van der Waals surface area (Å²) in [6, 6.07) is 0.428. The Labute approximate surface area is 224 Å². The van der Waals surface area contributed by atoms with Crippen molar-refractivity contribution in [3.05, 3.63) is 20.8 Å². The van der Waals surface area contributed by atoms with Crippen LogP contribution in [0.5, 0.6) is 0 Å². The highest BCUT2D eigenvalue weighted by Gasteiger charge is 2.40. The van der Waals surface area contributed by atoms with Crippen LogP contribution in [-0.4, -0.2) is 61.6 Å². The van der Waals surface area contributed by atoms with Gasteiger partial charge in [0.1, 0.15) is 0 Å². The molecule has 5 rings (SSSR count). The van der Waals surface area contributed by atoms with Crippen LogP contribution in [0.4, 0.5) is 19.1 Å². The van der Waals surface area contributed by atoms with Crippen molar-refractivity contribution in [2.45, 2.75) is 84.1 Å². The number of nitrogens with zero attached hydrogens (tertiary/aromatic N) is 5. The Morgan fingerprint density at radius 1 is 1.10 bits per heavy atom. The average molecular weight is 557 g/mol. The average Bonchev–Trinajstić information content (AvgIpc) is 3.58. The number of anilines is 1. The smallest absolute Gasteiger partial charge is 0.475 e. The maximum atomic E-state index is 13.7. The number of fused-ring (bicyclic) bond motifs is 2. The monoisotopic (exact) mass is 556 g/mol. The summed E-state index contributed by atoms with van der Waals surface area (Å²) in [5.74, 6) is -0.213. The third kappa shape index (κ3) is 6.17. The fourth-order valence-electron chi connectivity index (χ4n) is 6.06. The van der Waals surface area contributed by atoms with Gasteiger partial charge in [-0.25, -0.2) is 9.59 Å². The summed E-state index contributed by atoms with van der Waals surface area (Å²) >= 11 is 0. The number of aryl methyl sites for hydroxylation is 1. The first-order valence-electron chi connectivity index (χ1n) is 13.9. The molecular weight excluding hydrogens is 517 g/mol. The van der Waals surface area contributed by atoms with Crippen LogP contribution < -0.4 is 21.5 Å². The highest BCUT2D eigenvalue weighted by molar-refractivity contribution is 5.75. The van der Waals surface area contributed by atoms with E-state index in [1.807, 2.05) is 0 Å². The van der Waals surface area contributed by atoms with Crippen molar-refractivity contribution in [3.63, 3.8) is 0 Å². The highest BCUT2D eigenvalue weighted by Crippen LogP contribution is 2.34. The van der Waals surface area contributed by atoms with Crippen molar-refractivity contribution >= 4 is 23.1 Å². The minimum Gasteiger partial charge on any atom is -0.475 e. The van der Waals surface area contributed by atoms with E-state index in [0.29, 0.717) is 41.5 Å². The summed E-state index contributed by atoms with van der Waals surface area (Å²) in [6.45, 7) is 8.53. The lowest BCUT2D eigenvalue weighted by Crippen LogP contribution is -2.40. The molecule has 10 nitrogen and oxygen atoms in total. The maximum Gasteiger partial charge on any atom is 0.490 e. The standard InChI is InChI=1S/C24H38N6O2.C2HF3O2/c1-16(2)9-11-29-22(31)20-21(27(3)24(29)32)26-23(28-12-10-18-13-25-14-19(18)28)30(20)15-17-7-5-4-6-8-17;3-2(4,5)1(6)7/h16-19,25H,4-15H2,1-3H3;(H,6,7). The number of carboxylic acids is 1. The molecule has 0 amide bonds. The Balaban J connectivity index is 0.000000448. The number of alkyl halides is 3. The number of halogens is 3.